The van der Waals surface area contributed by atoms with E-state index in [-0.39, 0.29) is 25.0 Å². The SMILES string of the molecule is C=CCN(C(=O)C1N(CCCCCCO)C(=O)[C@@H]2[C@H](C(=O)O)[C@]3(C)CCC12S3)c1ccccc1Cl. The van der Waals surface area contributed by atoms with Crippen molar-refractivity contribution in [3.8, 4) is 0 Å². The highest BCUT2D eigenvalue weighted by molar-refractivity contribution is 8.02. The summed E-state index contributed by atoms with van der Waals surface area (Å²) in [7, 11) is 0. The molecule has 1 aromatic rings. The van der Waals surface area contributed by atoms with Gasteiger partial charge in [0.15, 0.2) is 0 Å². The van der Waals surface area contributed by atoms with Gasteiger partial charge in [-0.15, -0.1) is 18.3 Å². The lowest BCUT2D eigenvalue weighted by atomic mass is 9.66. The number of unbranched alkanes of at least 4 members (excludes halogenated alkanes) is 3. The van der Waals surface area contributed by atoms with E-state index < -0.39 is 33.3 Å². The zero-order valence-corrected chi connectivity index (χ0v) is 21.6. The first kappa shape index (κ1) is 26.0. The second kappa shape index (κ2) is 10.1. The van der Waals surface area contributed by atoms with Gasteiger partial charge in [-0.25, -0.2) is 0 Å². The third kappa shape index (κ3) is 4.27. The summed E-state index contributed by atoms with van der Waals surface area (Å²) >= 11 is 8.00. The van der Waals surface area contributed by atoms with Crippen molar-refractivity contribution in [2.45, 2.75) is 61.0 Å². The molecule has 35 heavy (non-hydrogen) atoms. The Labute approximate surface area is 215 Å². The van der Waals surface area contributed by atoms with Gasteiger partial charge in [0.05, 0.1) is 27.3 Å². The minimum atomic E-state index is -0.968. The number of thioether (sulfide) groups is 1. The second-order valence-corrected chi connectivity index (χ2v) is 12.2. The van der Waals surface area contributed by atoms with E-state index in [1.807, 2.05) is 13.0 Å². The van der Waals surface area contributed by atoms with Crippen molar-refractivity contribution in [3.05, 3.63) is 41.9 Å². The highest BCUT2D eigenvalue weighted by Crippen LogP contribution is 2.71. The van der Waals surface area contributed by atoms with Crippen LogP contribution in [0.15, 0.2) is 36.9 Å². The van der Waals surface area contributed by atoms with E-state index in [1.54, 1.807) is 34.1 Å². The van der Waals surface area contributed by atoms with Gasteiger partial charge in [0.25, 0.3) is 5.91 Å². The molecule has 3 fully saturated rings. The number of hydrogen-bond acceptors (Lipinski definition) is 5. The Balaban J connectivity index is 1.74. The number of aliphatic hydroxyl groups is 1. The third-order valence-corrected chi connectivity index (χ3v) is 10.1. The van der Waals surface area contributed by atoms with Gasteiger partial charge < -0.3 is 20.0 Å². The fraction of sp³-hybridized carbons (Fsp3) is 0.577. The summed E-state index contributed by atoms with van der Waals surface area (Å²) in [6, 6.07) is 6.32. The van der Waals surface area contributed by atoms with Gasteiger partial charge >= 0.3 is 5.97 Å². The molecule has 0 saturated carbocycles. The third-order valence-electron chi connectivity index (χ3n) is 7.80. The number of nitrogens with zero attached hydrogens (tertiary/aromatic N) is 2. The lowest BCUT2D eigenvalue weighted by molar-refractivity contribution is -0.150. The minimum Gasteiger partial charge on any atom is -0.481 e. The van der Waals surface area contributed by atoms with Crippen molar-refractivity contribution >= 4 is 46.8 Å². The smallest absolute Gasteiger partial charge is 0.308 e. The molecule has 3 aliphatic heterocycles. The highest BCUT2D eigenvalue weighted by atomic mass is 35.5. The number of carbonyl (C=O) groups excluding carboxylic acids is 2. The Morgan fingerprint density at radius 1 is 1.26 bits per heavy atom. The van der Waals surface area contributed by atoms with E-state index in [0.29, 0.717) is 42.9 Å². The Bertz CT molecular complexity index is 1020. The number of para-hydroxylation sites is 1. The number of rotatable bonds is 11. The normalized spacial score (nSPS) is 31.0. The van der Waals surface area contributed by atoms with Gasteiger partial charge in [-0.1, -0.05) is 42.7 Å². The Kier molecular flexibility index (Phi) is 7.55. The largest absolute Gasteiger partial charge is 0.481 e. The van der Waals surface area contributed by atoms with Crippen molar-refractivity contribution in [2.24, 2.45) is 11.8 Å². The van der Waals surface area contributed by atoms with E-state index >= 15 is 0 Å². The maximum Gasteiger partial charge on any atom is 0.308 e. The number of fused-ring (bicyclic) bond motifs is 1. The zero-order chi connectivity index (χ0) is 25.4. The van der Waals surface area contributed by atoms with Crippen molar-refractivity contribution in [3.63, 3.8) is 0 Å². The predicted molar refractivity (Wildman–Crippen MR) is 138 cm³/mol. The molecule has 4 rings (SSSR count). The summed E-state index contributed by atoms with van der Waals surface area (Å²) < 4.78 is -1.36. The van der Waals surface area contributed by atoms with Crippen LogP contribution in [0.3, 0.4) is 0 Å². The van der Waals surface area contributed by atoms with Gasteiger partial charge in [0.1, 0.15) is 6.04 Å². The number of carboxylic acids is 1. The maximum absolute atomic E-state index is 14.3. The molecule has 1 spiro atoms. The van der Waals surface area contributed by atoms with Crippen LogP contribution in [0.2, 0.25) is 5.02 Å². The van der Waals surface area contributed by atoms with E-state index in [2.05, 4.69) is 6.58 Å². The van der Waals surface area contributed by atoms with E-state index in [4.69, 9.17) is 16.7 Å². The van der Waals surface area contributed by atoms with Crippen LogP contribution in [0.4, 0.5) is 5.69 Å². The quantitative estimate of drug-likeness (QED) is 0.338. The Hall–Kier alpha value is -2.03. The predicted octanol–water partition coefficient (Wildman–Crippen LogP) is 3.98. The molecule has 3 aliphatic rings. The number of hydrogen-bond donors (Lipinski definition) is 2. The van der Waals surface area contributed by atoms with E-state index in [0.717, 1.165) is 12.8 Å². The average molecular weight is 521 g/mol. The molecule has 2 N–H and O–H groups in total. The van der Waals surface area contributed by atoms with Crippen molar-refractivity contribution in [2.75, 3.05) is 24.6 Å². The van der Waals surface area contributed by atoms with Gasteiger partial charge in [-0.3, -0.25) is 14.4 Å². The fourth-order valence-electron chi connectivity index (χ4n) is 6.32. The molecule has 2 amide bonds. The number of carbonyl (C=O) groups is 3. The van der Waals surface area contributed by atoms with Crippen LogP contribution in [-0.2, 0) is 14.4 Å². The molecule has 7 nitrogen and oxygen atoms in total. The van der Waals surface area contributed by atoms with Crippen LogP contribution in [0.5, 0.6) is 0 Å². The standard InChI is InChI=1S/C26H33ClN2O5S/c1-3-14-28(18-11-7-6-10-17(18)27)23(32)21-26-13-12-25(2,35-26)20(24(33)34)19(26)22(31)29(21)15-8-4-5-9-16-30/h3,6-7,10-11,19-21,30H,1,4-5,8-9,12-16H2,2H3,(H,33,34)/t19-,20+,21?,25-,26?/m0/s1. The number of carboxylic acid groups (broad SMARTS) is 1. The molecule has 0 aromatic heterocycles. The number of anilines is 1. The first-order valence-corrected chi connectivity index (χ1v) is 13.4. The van der Waals surface area contributed by atoms with Crippen LogP contribution >= 0.6 is 23.4 Å². The molecule has 3 heterocycles. The molecule has 0 aliphatic carbocycles. The molecule has 2 bridgehead atoms. The first-order chi connectivity index (χ1) is 16.7. The van der Waals surface area contributed by atoms with Gasteiger partial charge in [0, 0.05) is 24.4 Å². The minimum absolute atomic E-state index is 0.124. The lowest BCUT2D eigenvalue weighted by Gasteiger charge is -2.37. The van der Waals surface area contributed by atoms with Gasteiger partial charge in [-0.2, -0.15) is 0 Å². The van der Waals surface area contributed by atoms with Crippen molar-refractivity contribution < 1.29 is 24.6 Å². The number of benzene rings is 1. The molecule has 0 radical (unpaired) electrons. The van der Waals surface area contributed by atoms with Crippen LogP contribution < -0.4 is 4.90 Å². The van der Waals surface area contributed by atoms with Gasteiger partial charge in [0.2, 0.25) is 5.91 Å². The molecular formula is C26H33ClN2O5S. The van der Waals surface area contributed by atoms with Crippen LogP contribution in [-0.4, -0.2) is 68.1 Å². The number of aliphatic carboxylic acids is 1. The highest BCUT2D eigenvalue weighted by Gasteiger charge is 2.77. The summed E-state index contributed by atoms with van der Waals surface area (Å²) in [4.78, 5) is 43.7. The summed E-state index contributed by atoms with van der Waals surface area (Å²) in [5.74, 6) is -2.99. The van der Waals surface area contributed by atoms with Crippen molar-refractivity contribution in [1.29, 1.82) is 0 Å². The first-order valence-electron chi connectivity index (χ1n) is 12.2. The summed E-state index contributed by atoms with van der Waals surface area (Å²) in [5.41, 5.74) is 0.549. The summed E-state index contributed by atoms with van der Waals surface area (Å²) in [5, 5.41) is 19.6. The lowest BCUT2D eigenvalue weighted by Crippen LogP contribution is -2.55. The number of amides is 2. The number of likely N-dealkylation sites (tertiary alicyclic amines) is 1. The monoisotopic (exact) mass is 520 g/mol. The Morgan fingerprint density at radius 2 is 1.97 bits per heavy atom. The molecule has 1 aromatic carbocycles. The number of halogens is 1. The molecule has 5 atom stereocenters. The van der Waals surface area contributed by atoms with E-state index in [1.165, 1.54) is 11.8 Å². The zero-order valence-electron chi connectivity index (χ0n) is 20.0. The molecular weight excluding hydrogens is 488 g/mol. The molecule has 9 heteroatoms. The van der Waals surface area contributed by atoms with Crippen LogP contribution in [0, 0.1) is 11.8 Å². The summed E-state index contributed by atoms with van der Waals surface area (Å²) in [6.07, 6.45) is 5.93. The van der Waals surface area contributed by atoms with Crippen LogP contribution in [0.1, 0.15) is 45.4 Å². The van der Waals surface area contributed by atoms with Crippen molar-refractivity contribution in [1.82, 2.24) is 4.90 Å². The van der Waals surface area contributed by atoms with Gasteiger partial charge in [-0.05, 0) is 44.7 Å². The molecule has 3 saturated heterocycles. The van der Waals surface area contributed by atoms with E-state index in [9.17, 15) is 19.5 Å². The average Bonchev–Trinajstić information content (AvgIpc) is 3.38. The fourth-order valence-corrected chi connectivity index (χ4v) is 8.91. The molecule has 190 valence electrons. The maximum atomic E-state index is 14.3. The second-order valence-electron chi connectivity index (χ2n) is 9.92. The van der Waals surface area contributed by atoms with Crippen LogP contribution in [0.25, 0.3) is 0 Å². The summed E-state index contributed by atoms with van der Waals surface area (Å²) in [6.45, 7) is 6.47. The molecule has 2 unspecified atom stereocenters. The topological polar surface area (TPSA) is 98.2 Å². The Morgan fingerprint density at radius 3 is 2.63 bits per heavy atom. The number of aliphatic hydroxyl groups excluding tert-OH is 1.